The summed E-state index contributed by atoms with van der Waals surface area (Å²) < 4.78 is 5.44. The SMILES string of the molecule is CCCC(CNC(=O)c1nc(NC(=O)OCC2c3ccccc3-c3ccccc32)n[nH]1)C(=O)O. The van der Waals surface area contributed by atoms with Gasteiger partial charge in [0.2, 0.25) is 5.82 Å². The smallest absolute Gasteiger partial charge is 0.414 e. The van der Waals surface area contributed by atoms with Crippen molar-refractivity contribution in [3.05, 3.63) is 65.5 Å². The van der Waals surface area contributed by atoms with Crippen LogP contribution in [0.1, 0.15) is 47.4 Å². The molecule has 1 aliphatic carbocycles. The highest BCUT2D eigenvalue weighted by Gasteiger charge is 2.29. The number of rotatable bonds is 9. The first kappa shape index (κ1) is 23.0. The molecule has 4 N–H and O–H groups in total. The van der Waals surface area contributed by atoms with Crippen LogP contribution in [-0.2, 0) is 9.53 Å². The van der Waals surface area contributed by atoms with E-state index in [1.54, 1.807) is 0 Å². The second-order valence-electron chi connectivity index (χ2n) is 7.99. The van der Waals surface area contributed by atoms with Crippen molar-refractivity contribution in [3.8, 4) is 11.1 Å². The summed E-state index contributed by atoms with van der Waals surface area (Å²) in [5, 5.41) is 20.3. The molecule has 1 aromatic heterocycles. The topological polar surface area (TPSA) is 146 Å². The van der Waals surface area contributed by atoms with Gasteiger partial charge in [0.15, 0.2) is 0 Å². The Kier molecular flexibility index (Phi) is 6.86. The van der Waals surface area contributed by atoms with E-state index in [1.165, 1.54) is 0 Å². The molecular formula is C24H25N5O5. The summed E-state index contributed by atoms with van der Waals surface area (Å²) in [6, 6.07) is 16.0. The average Bonchev–Trinajstić information content (AvgIpc) is 3.43. The summed E-state index contributed by atoms with van der Waals surface area (Å²) in [6.07, 6.45) is 0.381. The minimum absolute atomic E-state index is 0.0299. The summed E-state index contributed by atoms with van der Waals surface area (Å²) in [5.41, 5.74) is 4.44. The predicted octanol–water partition coefficient (Wildman–Crippen LogP) is 3.40. The molecule has 0 spiro atoms. The van der Waals surface area contributed by atoms with Crippen molar-refractivity contribution in [2.45, 2.75) is 25.7 Å². The van der Waals surface area contributed by atoms with Gasteiger partial charge in [-0.3, -0.25) is 20.0 Å². The molecule has 1 heterocycles. The fraction of sp³-hybridized carbons (Fsp3) is 0.292. The number of carboxylic acids is 1. The minimum Gasteiger partial charge on any atom is -0.481 e. The van der Waals surface area contributed by atoms with Crippen LogP contribution in [-0.4, -0.2) is 51.4 Å². The van der Waals surface area contributed by atoms with Gasteiger partial charge in [-0.25, -0.2) is 4.79 Å². The Bertz CT molecular complexity index is 1160. The fourth-order valence-corrected chi connectivity index (χ4v) is 4.11. The minimum atomic E-state index is -0.975. The van der Waals surface area contributed by atoms with Gasteiger partial charge in [0.1, 0.15) is 6.61 Å². The first-order chi connectivity index (χ1) is 16.5. The molecule has 0 saturated carbocycles. The van der Waals surface area contributed by atoms with E-state index in [4.69, 9.17) is 4.74 Å². The molecule has 1 aliphatic rings. The van der Waals surface area contributed by atoms with E-state index >= 15 is 0 Å². The molecule has 2 aromatic carbocycles. The zero-order chi connectivity index (χ0) is 24.1. The van der Waals surface area contributed by atoms with Gasteiger partial charge in [-0.1, -0.05) is 61.9 Å². The lowest BCUT2D eigenvalue weighted by molar-refractivity contribution is -0.141. The van der Waals surface area contributed by atoms with Crippen molar-refractivity contribution < 1.29 is 24.2 Å². The maximum atomic E-state index is 12.3. The zero-order valence-electron chi connectivity index (χ0n) is 18.6. The number of aromatic amines is 1. The van der Waals surface area contributed by atoms with Gasteiger partial charge in [0, 0.05) is 12.5 Å². The molecule has 3 aromatic rings. The van der Waals surface area contributed by atoms with E-state index in [0.29, 0.717) is 12.8 Å². The van der Waals surface area contributed by atoms with E-state index < -0.39 is 23.9 Å². The molecule has 0 bridgehead atoms. The van der Waals surface area contributed by atoms with Crippen LogP contribution < -0.4 is 10.6 Å². The number of aromatic nitrogens is 3. The summed E-state index contributed by atoms with van der Waals surface area (Å²) in [6.45, 7) is 1.97. The highest BCUT2D eigenvalue weighted by Crippen LogP contribution is 2.44. The molecule has 2 amide bonds. The van der Waals surface area contributed by atoms with Crippen LogP contribution in [0.5, 0.6) is 0 Å². The average molecular weight is 463 g/mol. The fourth-order valence-electron chi connectivity index (χ4n) is 4.11. The summed E-state index contributed by atoms with van der Waals surface area (Å²) >= 11 is 0. The maximum Gasteiger partial charge on any atom is 0.414 e. The van der Waals surface area contributed by atoms with Crippen LogP contribution in [0.15, 0.2) is 48.5 Å². The molecule has 0 saturated heterocycles. The normalized spacial score (nSPS) is 13.0. The van der Waals surface area contributed by atoms with Crippen molar-refractivity contribution in [1.82, 2.24) is 20.5 Å². The van der Waals surface area contributed by atoms with E-state index in [1.807, 2.05) is 43.3 Å². The number of hydrogen-bond acceptors (Lipinski definition) is 6. The number of benzene rings is 2. The summed E-state index contributed by atoms with van der Waals surface area (Å²) in [7, 11) is 0. The van der Waals surface area contributed by atoms with Crippen molar-refractivity contribution in [2.24, 2.45) is 5.92 Å². The highest BCUT2D eigenvalue weighted by atomic mass is 16.5. The quantitative estimate of drug-likeness (QED) is 0.380. The highest BCUT2D eigenvalue weighted by molar-refractivity contribution is 5.91. The first-order valence-electron chi connectivity index (χ1n) is 11.0. The third-order valence-electron chi connectivity index (χ3n) is 5.75. The lowest BCUT2D eigenvalue weighted by Gasteiger charge is -2.13. The molecule has 4 rings (SSSR count). The molecule has 1 unspecified atom stereocenters. The largest absolute Gasteiger partial charge is 0.481 e. The lowest BCUT2D eigenvalue weighted by Crippen LogP contribution is -2.33. The number of anilines is 1. The molecule has 34 heavy (non-hydrogen) atoms. The molecule has 0 radical (unpaired) electrons. The Balaban J connectivity index is 1.33. The van der Waals surface area contributed by atoms with Crippen LogP contribution in [0.4, 0.5) is 10.7 Å². The Hall–Kier alpha value is -4.21. The van der Waals surface area contributed by atoms with Crippen molar-refractivity contribution in [2.75, 3.05) is 18.5 Å². The maximum absolute atomic E-state index is 12.3. The Morgan fingerprint density at radius 3 is 2.35 bits per heavy atom. The van der Waals surface area contributed by atoms with Gasteiger partial charge in [-0.05, 0) is 28.7 Å². The van der Waals surface area contributed by atoms with E-state index in [-0.39, 0.29) is 30.8 Å². The van der Waals surface area contributed by atoms with Crippen LogP contribution in [0, 0.1) is 5.92 Å². The summed E-state index contributed by atoms with van der Waals surface area (Å²) in [4.78, 5) is 39.7. The van der Waals surface area contributed by atoms with Crippen molar-refractivity contribution in [1.29, 1.82) is 0 Å². The monoisotopic (exact) mass is 463 g/mol. The number of carboxylic acid groups (broad SMARTS) is 1. The number of carbonyl (C=O) groups is 3. The molecule has 10 heteroatoms. The van der Waals surface area contributed by atoms with Gasteiger partial charge in [0.05, 0.1) is 5.92 Å². The van der Waals surface area contributed by atoms with Gasteiger partial charge < -0.3 is 15.2 Å². The third-order valence-corrected chi connectivity index (χ3v) is 5.75. The van der Waals surface area contributed by atoms with Crippen LogP contribution in [0.3, 0.4) is 0 Å². The number of fused-ring (bicyclic) bond motifs is 3. The second kappa shape index (κ2) is 10.2. The number of aliphatic carboxylic acids is 1. The standard InChI is InChI=1S/C24H25N5O5/c1-2-7-14(22(31)32)12-25-21(30)20-26-23(29-28-20)27-24(33)34-13-19-17-10-5-3-8-15(17)16-9-4-6-11-18(16)19/h3-6,8-11,14,19H,2,7,12-13H2,1H3,(H,25,30)(H,31,32)(H2,26,27,28,29,33). The van der Waals surface area contributed by atoms with Crippen LogP contribution in [0.2, 0.25) is 0 Å². The van der Waals surface area contributed by atoms with Crippen molar-refractivity contribution in [3.63, 3.8) is 0 Å². The Morgan fingerprint density at radius 2 is 1.74 bits per heavy atom. The summed E-state index contributed by atoms with van der Waals surface area (Å²) in [5.74, 6) is -2.62. The predicted molar refractivity (Wildman–Crippen MR) is 123 cm³/mol. The number of nitrogens with one attached hydrogen (secondary N) is 3. The number of hydrogen-bond donors (Lipinski definition) is 4. The number of H-pyrrole nitrogens is 1. The Morgan fingerprint density at radius 1 is 1.09 bits per heavy atom. The van der Waals surface area contributed by atoms with E-state index in [9.17, 15) is 19.5 Å². The molecule has 0 aliphatic heterocycles. The number of amides is 2. The number of nitrogens with zero attached hydrogens (tertiary/aromatic N) is 2. The van der Waals surface area contributed by atoms with Crippen LogP contribution >= 0.6 is 0 Å². The zero-order valence-corrected chi connectivity index (χ0v) is 18.6. The van der Waals surface area contributed by atoms with Gasteiger partial charge >= 0.3 is 12.1 Å². The van der Waals surface area contributed by atoms with E-state index in [2.05, 4.69) is 37.9 Å². The van der Waals surface area contributed by atoms with Gasteiger partial charge in [-0.2, -0.15) is 4.98 Å². The van der Waals surface area contributed by atoms with Crippen molar-refractivity contribution >= 4 is 23.9 Å². The van der Waals surface area contributed by atoms with Crippen LogP contribution in [0.25, 0.3) is 11.1 Å². The second-order valence-corrected chi connectivity index (χ2v) is 7.99. The molecule has 176 valence electrons. The van der Waals surface area contributed by atoms with Gasteiger partial charge in [-0.15, -0.1) is 5.10 Å². The number of carbonyl (C=O) groups excluding carboxylic acids is 2. The molecule has 1 atom stereocenters. The van der Waals surface area contributed by atoms with Gasteiger partial charge in [0.25, 0.3) is 11.9 Å². The molecular weight excluding hydrogens is 438 g/mol. The lowest BCUT2D eigenvalue weighted by atomic mass is 9.98. The van der Waals surface area contributed by atoms with E-state index in [0.717, 1.165) is 22.3 Å². The molecule has 10 nitrogen and oxygen atoms in total. The third kappa shape index (κ3) is 4.90. The first-order valence-corrected chi connectivity index (χ1v) is 11.0. The Labute approximate surface area is 195 Å². The molecule has 0 fully saturated rings. The number of ether oxygens (including phenoxy) is 1.